The first kappa shape index (κ1) is 26.3. The molecule has 0 atom stereocenters. The van der Waals surface area contributed by atoms with E-state index in [1.165, 1.54) is 0 Å². The maximum Gasteiger partial charge on any atom is 0.0463 e. The second kappa shape index (κ2) is 11.3. The fourth-order valence-electron chi connectivity index (χ4n) is 4.99. The fraction of sp³-hybridized carbons (Fsp3) is 0. The quantitative estimate of drug-likeness (QED) is 0.149. The van der Waals surface area contributed by atoms with Crippen LogP contribution in [0.25, 0.3) is 11.1 Å². The van der Waals surface area contributed by atoms with Gasteiger partial charge < -0.3 is 32.7 Å². The van der Waals surface area contributed by atoms with Crippen LogP contribution in [0.4, 0.5) is 56.9 Å². The van der Waals surface area contributed by atoms with Crippen LogP contribution >= 0.6 is 0 Å². The van der Waals surface area contributed by atoms with Gasteiger partial charge in [0.05, 0.1) is 0 Å². The first-order chi connectivity index (χ1) is 20.4. The Balaban J connectivity index is 1.31. The number of hydrogen-bond acceptors (Lipinski definition) is 6. The van der Waals surface area contributed by atoms with Gasteiger partial charge in [-0.3, -0.25) is 0 Å². The van der Waals surface area contributed by atoms with Crippen LogP contribution in [0, 0.1) is 0 Å². The van der Waals surface area contributed by atoms with Crippen molar-refractivity contribution in [1.82, 2.24) is 0 Å². The third-order valence-corrected chi connectivity index (χ3v) is 7.19. The third kappa shape index (κ3) is 5.55. The summed E-state index contributed by atoms with van der Waals surface area (Å²) in [6.07, 6.45) is 0. The van der Waals surface area contributed by atoms with Gasteiger partial charge >= 0.3 is 0 Å². The van der Waals surface area contributed by atoms with Crippen LogP contribution in [0.5, 0.6) is 0 Å². The van der Waals surface area contributed by atoms with Gasteiger partial charge in [-0.15, -0.1) is 0 Å². The van der Waals surface area contributed by atoms with E-state index in [0.717, 1.165) is 68.0 Å². The predicted octanol–water partition coefficient (Wildman–Crippen LogP) is 8.62. The van der Waals surface area contributed by atoms with E-state index in [4.69, 9.17) is 22.9 Å². The molecule has 0 unspecified atom stereocenters. The standard InChI is InChI=1S/C36H32N6/c37-27-5-17-33(18-6-27)41(34-19-7-28(38)8-20-34)31-13-1-25(2-14-31)26-3-15-32(16-4-26)42(35-21-9-29(39)10-22-35)36-23-11-30(40)12-24-36/h1-24H,37-40H2. The normalized spacial score (nSPS) is 10.8. The lowest BCUT2D eigenvalue weighted by Gasteiger charge is -2.26. The molecule has 206 valence electrons. The zero-order chi connectivity index (χ0) is 29.1. The van der Waals surface area contributed by atoms with Crippen molar-refractivity contribution >= 4 is 56.9 Å². The van der Waals surface area contributed by atoms with Gasteiger partial charge in [-0.05, 0) is 132 Å². The molecule has 8 N–H and O–H groups in total. The summed E-state index contributed by atoms with van der Waals surface area (Å²) in [5.74, 6) is 0. The molecule has 0 heterocycles. The number of anilines is 10. The minimum absolute atomic E-state index is 0.723. The summed E-state index contributed by atoms with van der Waals surface area (Å²) in [4.78, 5) is 4.37. The van der Waals surface area contributed by atoms with Crippen LogP contribution in [-0.4, -0.2) is 0 Å². The maximum absolute atomic E-state index is 5.97. The Morgan fingerprint density at radius 3 is 0.595 bits per heavy atom. The van der Waals surface area contributed by atoms with Gasteiger partial charge in [0.15, 0.2) is 0 Å². The van der Waals surface area contributed by atoms with Crippen molar-refractivity contribution < 1.29 is 0 Å². The Bertz CT molecular complexity index is 1530. The van der Waals surface area contributed by atoms with Crippen molar-refractivity contribution in [3.05, 3.63) is 146 Å². The van der Waals surface area contributed by atoms with Crippen molar-refractivity contribution in [2.75, 3.05) is 32.7 Å². The molecule has 6 heteroatoms. The lowest BCUT2D eigenvalue weighted by atomic mass is 10.0. The summed E-state index contributed by atoms with van der Waals surface area (Å²) in [5, 5.41) is 0. The van der Waals surface area contributed by atoms with Crippen LogP contribution in [0.1, 0.15) is 0 Å². The van der Waals surface area contributed by atoms with Crippen molar-refractivity contribution in [1.29, 1.82) is 0 Å². The number of benzene rings is 6. The molecule has 6 nitrogen and oxygen atoms in total. The monoisotopic (exact) mass is 548 g/mol. The zero-order valence-corrected chi connectivity index (χ0v) is 23.1. The molecule has 0 amide bonds. The molecule has 0 saturated carbocycles. The SMILES string of the molecule is Nc1ccc(N(c2ccc(N)cc2)c2ccc(-c3ccc(N(c4ccc(N)cc4)c4ccc(N)cc4)cc3)cc2)cc1. The van der Waals surface area contributed by atoms with Crippen LogP contribution in [0.3, 0.4) is 0 Å². The van der Waals surface area contributed by atoms with E-state index >= 15 is 0 Å². The van der Waals surface area contributed by atoms with E-state index in [9.17, 15) is 0 Å². The van der Waals surface area contributed by atoms with Gasteiger partial charge in [0.25, 0.3) is 0 Å². The van der Waals surface area contributed by atoms with Gasteiger partial charge in [-0.25, -0.2) is 0 Å². The topological polar surface area (TPSA) is 111 Å². The number of hydrogen-bond donors (Lipinski definition) is 4. The van der Waals surface area contributed by atoms with Crippen LogP contribution in [0.15, 0.2) is 146 Å². The number of rotatable bonds is 7. The Kier molecular flexibility index (Phi) is 7.10. The Labute approximate surface area is 246 Å². The van der Waals surface area contributed by atoms with Crippen LogP contribution in [-0.2, 0) is 0 Å². The molecule has 6 aromatic rings. The first-order valence-corrected chi connectivity index (χ1v) is 13.7. The van der Waals surface area contributed by atoms with Gasteiger partial charge in [-0.2, -0.15) is 0 Å². The summed E-state index contributed by atoms with van der Waals surface area (Å²) < 4.78 is 0. The second-order valence-corrected chi connectivity index (χ2v) is 10.1. The van der Waals surface area contributed by atoms with Gasteiger partial charge in [0.2, 0.25) is 0 Å². The molecule has 6 aromatic carbocycles. The fourth-order valence-corrected chi connectivity index (χ4v) is 4.99. The van der Waals surface area contributed by atoms with E-state index in [1.807, 2.05) is 97.1 Å². The lowest BCUT2D eigenvalue weighted by molar-refractivity contribution is 1.28. The van der Waals surface area contributed by atoms with Crippen LogP contribution in [0.2, 0.25) is 0 Å². The van der Waals surface area contributed by atoms with Crippen molar-refractivity contribution in [3.63, 3.8) is 0 Å². The molecule has 0 aliphatic rings. The number of nitrogens with zero attached hydrogens (tertiary/aromatic N) is 2. The highest BCUT2D eigenvalue weighted by Crippen LogP contribution is 2.38. The maximum atomic E-state index is 5.97. The predicted molar refractivity (Wildman–Crippen MR) is 179 cm³/mol. The van der Waals surface area contributed by atoms with Gasteiger partial charge in [0.1, 0.15) is 0 Å². The number of nitrogens with two attached hydrogens (primary N) is 4. The van der Waals surface area contributed by atoms with E-state index in [2.05, 4.69) is 58.3 Å². The summed E-state index contributed by atoms with van der Waals surface area (Å²) in [7, 11) is 0. The molecule has 0 radical (unpaired) electrons. The molecular formula is C36H32N6. The molecule has 0 fully saturated rings. The van der Waals surface area contributed by atoms with Gasteiger partial charge in [0, 0.05) is 56.9 Å². The highest BCUT2D eigenvalue weighted by Gasteiger charge is 2.15. The third-order valence-electron chi connectivity index (χ3n) is 7.19. The molecule has 0 aromatic heterocycles. The van der Waals surface area contributed by atoms with Crippen molar-refractivity contribution in [3.8, 4) is 11.1 Å². The Hall–Kier alpha value is -5.88. The molecule has 6 rings (SSSR count). The van der Waals surface area contributed by atoms with Crippen LogP contribution < -0.4 is 32.7 Å². The highest BCUT2D eigenvalue weighted by molar-refractivity contribution is 5.81. The van der Waals surface area contributed by atoms with Crippen molar-refractivity contribution in [2.24, 2.45) is 0 Å². The minimum atomic E-state index is 0.723. The Morgan fingerprint density at radius 1 is 0.238 bits per heavy atom. The van der Waals surface area contributed by atoms with Gasteiger partial charge in [-0.1, -0.05) is 24.3 Å². The zero-order valence-electron chi connectivity index (χ0n) is 23.1. The smallest absolute Gasteiger partial charge is 0.0463 e. The average Bonchev–Trinajstić information content (AvgIpc) is 3.02. The number of nitrogen functional groups attached to an aromatic ring is 4. The van der Waals surface area contributed by atoms with E-state index < -0.39 is 0 Å². The van der Waals surface area contributed by atoms with E-state index in [0.29, 0.717) is 0 Å². The molecule has 0 spiro atoms. The molecular weight excluding hydrogens is 516 g/mol. The van der Waals surface area contributed by atoms with Crippen molar-refractivity contribution in [2.45, 2.75) is 0 Å². The van der Waals surface area contributed by atoms with E-state index in [-0.39, 0.29) is 0 Å². The molecule has 0 bridgehead atoms. The molecule has 0 saturated heterocycles. The largest absolute Gasteiger partial charge is 0.399 e. The minimum Gasteiger partial charge on any atom is -0.399 e. The average molecular weight is 549 g/mol. The summed E-state index contributed by atoms with van der Waals surface area (Å²) >= 11 is 0. The molecule has 42 heavy (non-hydrogen) atoms. The summed E-state index contributed by atoms with van der Waals surface area (Å²) in [6.45, 7) is 0. The summed E-state index contributed by atoms with van der Waals surface area (Å²) in [5.41, 5.74) is 35.1. The Morgan fingerprint density at radius 2 is 0.405 bits per heavy atom. The molecule has 0 aliphatic carbocycles. The van der Waals surface area contributed by atoms with E-state index in [1.54, 1.807) is 0 Å². The lowest BCUT2D eigenvalue weighted by Crippen LogP contribution is -2.10. The molecule has 0 aliphatic heterocycles. The highest BCUT2D eigenvalue weighted by atomic mass is 15.1. The first-order valence-electron chi connectivity index (χ1n) is 13.7. The summed E-state index contributed by atoms with van der Waals surface area (Å²) in [6, 6.07) is 48.5. The second-order valence-electron chi connectivity index (χ2n) is 10.1.